The van der Waals surface area contributed by atoms with Gasteiger partial charge in [-0.3, -0.25) is 4.79 Å². The number of aryl methyl sites for hydroxylation is 1. The average Bonchev–Trinajstić information content (AvgIpc) is 2.36. The highest BCUT2D eigenvalue weighted by atomic mass is 32.2. The maximum Gasteiger partial charge on any atom is 0.249 e. The van der Waals surface area contributed by atoms with Crippen molar-refractivity contribution in [2.75, 3.05) is 20.6 Å². The van der Waals surface area contributed by atoms with Gasteiger partial charge in [0.1, 0.15) is 0 Å². The van der Waals surface area contributed by atoms with Crippen molar-refractivity contribution in [2.45, 2.75) is 31.2 Å². The van der Waals surface area contributed by atoms with Crippen molar-refractivity contribution >= 4 is 15.9 Å². The first-order valence-corrected chi connectivity index (χ1v) is 8.03. The number of likely N-dealkylation sites (N-methyl/N-ethyl adjacent to an activating group) is 1. The zero-order valence-corrected chi connectivity index (χ0v) is 13.9. The molecule has 0 aliphatic heterocycles. The number of hydrogen-bond donors (Lipinski definition) is 2. The monoisotopic (exact) mass is 313 g/mol. The largest absolute Gasteiger partial charge is 0.366 e. The van der Waals surface area contributed by atoms with Crippen LogP contribution in [0.5, 0.6) is 0 Å². The van der Waals surface area contributed by atoms with E-state index in [1.54, 1.807) is 13.0 Å². The van der Waals surface area contributed by atoms with Gasteiger partial charge in [0, 0.05) is 17.6 Å². The molecule has 1 aromatic carbocycles. The van der Waals surface area contributed by atoms with Gasteiger partial charge in [0.05, 0.1) is 4.90 Å². The van der Waals surface area contributed by atoms with Crippen LogP contribution in [0.25, 0.3) is 0 Å². The highest BCUT2D eigenvalue weighted by Gasteiger charge is 2.24. The first kappa shape index (κ1) is 17.6. The van der Waals surface area contributed by atoms with Gasteiger partial charge in [0.15, 0.2) is 0 Å². The fourth-order valence-corrected chi connectivity index (χ4v) is 2.78. The number of hydrogen-bond acceptors (Lipinski definition) is 4. The minimum absolute atomic E-state index is 0.0384. The molecule has 0 fully saturated rings. The van der Waals surface area contributed by atoms with Gasteiger partial charge in [-0.05, 0) is 52.6 Å². The summed E-state index contributed by atoms with van der Waals surface area (Å²) in [5.41, 5.74) is 5.78. The van der Waals surface area contributed by atoms with Crippen molar-refractivity contribution in [1.29, 1.82) is 0 Å². The van der Waals surface area contributed by atoms with Gasteiger partial charge in [-0.25, -0.2) is 13.1 Å². The Balaban J connectivity index is 3.04. The zero-order chi connectivity index (χ0) is 16.4. The third kappa shape index (κ3) is 4.26. The van der Waals surface area contributed by atoms with E-state index in [1.807, 2.05) is 32.8 Å². The molecule has 7 heteroatoms. The minimum Gasteiger partial charge on any atom is -0.366 e. The molecule has 1 amide bonds. The maximum absolute atomic E-state index is 12.3. The average molecular weight is 313 g/mol. The Labute approximate surface area is 126 Å². The number of rotatable bonds is 6. The second-order valence-electron chi connectivity index (χ2n) is 5.87. The first-order chi connectivity index (χ1) is 9.47. The Bertz CT molecular complexity index is 637. The molecule has 3 N–H and O–H groups in total. The molecular weight excluding hydrogens is 290 g/mol. The molecule has 0 bridgehead atoms. The third-order valence-corrected chi connectivity index (χ3v) is 5.09. The molecule has 0 spiro atoms. The van der Waals surface area contributed by atoms with Crippen LogP contribution in [0.2, 0.25) is 0 Å². The Morgan fingerprint density at radius 3 is 2.38 bits per heavy atom. The summed E-state index contributed by atoms with van der Waals surface area (Å²) in [6, 6.07) is 4.35. The molecule has 118 valence electrons. The number of nitrogens with zero attached hydrogens (tertiary/aromatic N) is 1. The summed E-state index contributed by atoms with van der Waals surface area (Å²) in [7, 11) is 0.0764. The van der Waals surface area contributed by atoms with E-state index in [0.717, 1.165) is 0 Å². The molecule has 21 heavy (non-hydrogen) atoms. The van der Waals surface area contributed by atoms with Crippen LogP contribution in [0, 0.1) is 6.92 Å². The third-order valence-electron chi connectivity index (χ3n) is 3.69. The topological polar surface area (TPSA) is 92.5 Å². The number of primary amides is 1. The van der Waals surface area contributed by atoms with Crippen LogP contribution in [0.3, 0.4) is 0 Å². The van der Waals surface area contributed by atoms with Crippen molar-refractivity contribution < 1.29 is 13.2 Å². The van der Waals surface area contributed by atoms with E-state index in [0.29, 0.717) is 5.56 Å². The maximum atomic E-state index is 12.3. The summed E-state index contributed by atoms with van der Waals surface area (Å²) in [5.74, 6) is -0.641. The molecule has 0 aromatic heterocycles. The van der Waals surface area contributed by atoms with Crippen LogP contribution < -0.4 is 10.5 Å². The predicted octanol–water partition coefficient (Wildman–Crippen LogP) is 0.712. The SMILES string of the molecule is Cc1ccc(S(=O)(=O)NCC(C)(C)N(C)C)cc1C(N)=O. The van der Waals surface area contributed by atoms with Crippen molar-refractivity contribution in [3.63, 3.8) is 0 Å². The molecule has 6 nitrogen and oxygen atoms in total. The molecule has 0 aliphatic rings. The van der Waals surface area contributed by atoms with Crippen LogP contribution >= 0.6 is 0 Å². The highest BCUT2D eigenvalue weighted by molar-refractivity contribution is 7.89. The fraction of sp³-hybridized carbons (Fsp3) is 0.500. The van der Waals surface area contributed by atoms with Gasteiger partial charge in [-0.1, -0.05) is 6.07 Å². The van der Waals surface area contributed by atoms with Gasteiger partial charge in [0.2, 0.25) is 15.9 Å². The van der Waals surface area contributed by atoms with E-state index in [1.165, 1.54) is 12.1 Å². The smallest absolute Gasteiger partial charge is 0.249 e. The second kappa shape index (κ2) is 6.13. The number of sulfonamides is 1. The van der Waals surface area contributed by atoms with Crippen molar-refractivity contribution in [2.24, 2.45) is 5.73 Å². The number of benzene rings is 1. The fourth-order valence-electron chi connectivity index (χ4n) is 1.55. The molecule has 0 saturated heterocycles. The number of carbonyl (C=O) groups is 1. The summed E-state index contributed by atoms with van der Waals surface area (Å²) in [6.07, 6.45) is 0. The Morgan fingerprint density at radius 2 is 1.90 bits per heavy atom. The molecule has 1 aromatic rings. The van der Waals surface area contributed by atoms with E-state index in [2.05, 4.69) is 4.72 Å². The second-order valence-corrected chi connectivity index (χ2v) is 7.64. The minimum atomic E-state index is -3.68. The predicted molar refractivity (Wildman–Crippen MR) is 82.7 cm³/mol. The van der Waals surface area contributed by atoms with Crippen molar-refractivity contribution in [3.05, 3.63) is 29.3 Å². The van der Waals surface area contributed by atoms with Crippen LogP contribution in [-0.4, -0.2) is 45.4 Å². The molecular formula is C14H23N3O3S. The summed E-state index contributed by atoms with van der Waals surface area (Å²) in [5, 5.41) is 0. The normalized spacial score (nSPS) is 12.7. The lowest BCUT2D eigenvalue weighted by Crippen LogP contribution is -2.48. The molecule has 0 heterocycles. The molecule has 0 radical (unpaired) electrons. The number of nitrogens with one attached hydrogen (secondary N) is 1. The van der Waals surface area contributed by atoms with E-state index in [-0.39, 0.29) is 22.5 Å². The van der Waals surface area contributed by atoms with Crippen LogP contribution in [-0.2, 0) is 10.0 Å². The van der Waals surface area contributed by atoms with Crippen LogP contribution in [0.1, 0.15) is 29.8 Å². The van der Waals surface area contributed by atoms with Crippen LogP contribution in [0.15, 0.2) is 23.1 Å². The molecule has 0 aliphatic carbocycles. The van der Waals surface area contributed by atoms with Gasteiger partial charge in [0.25, 0.3) is 0 Å². The number of amides is 1. The highest BCUT2D eigenvalue weighted by Crippen LogP contribution is 2.16. The van der Waals surface area contributed by atoms with Gasteiger partial charge in [-0.15, -0.1) is 0 Å². The van der Waals surface area contributed by atoms with Gasteiger partial charge < -0.3 is 10.6 Å². The Morgan fingerprint density at radius 1 is 1.33 bits per heavy atom. The lowest BCUT2D eigenvalue weighted by atomic mass is 10.1. The Kier molecular flexibility index (Phi) is 5.14. The lowest BCUT2D eigenvalue weighted by Gasteiger charge is -2.32. The van der Waals surface area contributed by atoms with E-state index >= 15 is 0 Å². The quantitative estimate of drug-likeness (QED) is 0.809. The van der Waals surface area contributed by atoms with E-state index in [9.17, 15) is 13.2 Å². The first-order valence-electron chi connectivity index (χ1n) is 6.55. The summed E-state index contributed by atoms with van der Waals surface area (Å²) >= 11 is 0. The number of nitrogens with two attached hydrogens (primary N) is 1. The zero-order valence-electron chi connectivity index (χ0n) is 13.1. The van der Waals surface area contributed by atoms with Gasteiger partial charge >= 0.3 is 0 Å². The molecule has 0 atom stereocenters. The number of carbonyl (C=O) groups excluding carboxylic acids is 1. The molecule has 0 saturated carbocycles. The van der Waals surface area contributed by atoms with Gasteiger partial charge in [-0.2, -0.15) is 0 Å². The summed E-state index contributed by atoms with van der Waals surface area (Å²) in [6.45, 7) is 5.82. The van der Waals surface area contributed by atoms with Crippen LogP contribution in [0.4, 0.5) is 0 Å². The standard InChI is InChI=1S/C14H23N3O3S/c1-10-6-7-11(8-12(10)13(15)18)21(19,20)16-9-14(2,3)17(4)5/h6-8,16H,9H2,1-5H3,(H2,15,18). The van der Waals surface area contributed by atoms with E-state index in [4.69, 9.17) is 5.73 Å². The van der Waals surface area contributed by atoms with Crippen molar-refractivity contribution in [1.82, 2.24) is 9.62 Å². The molecule has 1 rings (SSSR count). The summed E-state index contributed by atoms with van der Waals surface area (Å²) in [4.78, 5) is 13.3. The van der Waals surface area contributed by atoms with E-state index < -0.39 is 15.9 Å². The molecule has 0 unspecified atom stereocenters. The summed E-state index contributed by atoms with van der Waals surface area (Å²) < 4.78 is 27.2. The van der Waals surface area contributed by atoms with Crippen molar-refractivity contribution in [3.8, 4) is 0 Å². The lowest BCUT2D eigenvalue weighted by molar-refractivity contribution is 0.0999. The Hall–Kier alpha value is -1.44.